The maximum atomic E-state index is 12.7. The Morgan fingerprint density at radius 1 is 0.818 bits per heavy atom. The molecule has 0 rings (SSSR count). The Kier molecular flexibility index (Phi) is 14.7. The summed E-state index contributed by atoms with van der Waals surface area (Å²) >= 11 is 7.89. The van der Waals surface area contributed by atoms with Crippen LogP contribution in [-0.2, 0) is 24.0 Å². The predicted molar refractivity (Wildman–Crippen MR) is 126 cm³/mol. The number of carboxylic acid groups (broad SMARTS) is 2. The second-order valence-electron chi connectivity index (χ2n) is 6.87. The van der Waals surface area contributed by atoms with Gasteiger partial charge in [-0.3, -0.25) is 24.2 Å². The van der Waals surface area contributed by atoms with Crippen molar-refractivity contribution in [1.82, 2.24) is 16.0 Å². The van der Waals surface area contributed by atoms with Crippen LogP contribution in [-0.4, -0.2) is 88.1 Å². The summed E-state index contributed by atoms with van der Waals surface area (Å²) < 4.78 is 0. The van der Waals surface area contributed by atoms with Crippen molar-refractivity contribution in [2.75, 3.05) is 18.1 Å². The molecule has 0 saturated carbocycles. The van der Waals surface area contributed by atoms with Gasteiger partial charge in [0.2, 0.25) is 17.7 Å². The number of nitrogens with zero attached hydrogens (tertiary/aromatic N) is 1. The molecule has 0 aromatic heterocycles. The molecule has 33 heavy (non-hydrogen) atoms. The molecule has 0 aromatic carbocycles. The van der Waals surface area contributed by atoms with E-state index in [1.54, 1.807) is 0 Å². The van der Waals surface area contributed by atoms with Crippen molar-refractivity contribution in [1.29, 1.82) is 0 Å². The Morgan fingerprint density at radius 2 is 1.33 bits per heavy atom. The third-order valence-corrected chi connectivity index (χ3v) is 4.93. The second-order valence-corrected chi connectivity index (χ2v) is 7.60. The van der Waals surface area contributed by atoms with Crippen molar-refractivity contribution in [3.8, 4) is 0 Å². The molecule has 0 saturated heterocycles. The molecule has 16 heteroatoms. The van der Waals surface area contributed by atoms with Crippen LogP contribution in [0.2, 0.25) is 0 Å². The first kappa shape index (κ1) is 30.3. The Labute approximate surface area is 201 Å². The molecule has 4 unspecified atom stereocenters. The number of amides is 3. The maximum absolute atomic E-state index is 12.7. The van der Waals surface area contributed by atoms with Crippen LogP contribution in [0.4, 0.5) is 0 Å². The van der Waals surface area contributed by atoms with Crippen LogP contribution in [0.5, 0.6) is 0 Å². The monoisotopic (exact) mass is 509 g/mol. The Morgan fingerprint density at radius 3 is 1.82 bits per heavy atom. The summed E-state index contributed by atoms with van der Waals surface area (Å²) in [6.07, 6.45) is -0.149. The average Bonchev–Trinajstić information content (AvgIpc) is 2.74. The van der Waals surface area contributed by atoms with Gasteiger partial charge in [-0.25, -0.2) is 4.79 Å². The number of carboxylic acids is 2. The molecule has 0 radical (unpaired) electrons. The summed E-state index contributed by atoms with van der Waals surface area (Å²) in [5.74, 6) is -5.24. The van der Waals surface area contributed by atoms with Gasteiger partial charge in [-0.2, -0.15) is 25.3 Å². The lowest BCUT2D eigenvalue weighted by Crippen LogP contribution is -2.57. The van der Waals surface area contributed by atoms with Crippen molar-refractivity contribution < 1.29 is 34.2 Å². The summed E-state index contributed by atoms with van der Waals surface area (Å²) in [5.41, 5.74) is 16.1. The highest BCUT2D eigenvalue weighted by molar-refractivity contribution is 7.80. The van der Waals surface area contributed by atoms with Crippen LogP contribution in [0.1, 0.15) is 25.7 Å². The number of nitrogens with one attached hydrogen (secondary N) is 3. The van der Waals surface area contributed by atoms with Crippen LogP contribution >= 0.6 is 25.3 Å². The lowest BCUT2D eigenvalue weighted by atomic mass is 10.1. The minimum absolute atomic E-state index is 0.0542. The summed E-state index contributed by atoms with van der Waals surface area (Å²) in [6, 6.07) is -4.81. The first-order valence-corrected chi connectivity index (χ1v) is 11.1. The molecule has 0 heterocycles. The van der Waals surface area contributed by atoms with Gasteiger partial charge < -0.3 is 43.4 Å². The zero-order chi connectivity index (χ0) is 25.6. The van der Waals surface area contributed by atoms with E-state index >= 15 is 0 Å². The van der Waals surface area contributed by atoms with E-state index in [0.717, 1.165) is 0 Å². The third kappa shape index (κ3) is 12.8. The molecule has 0 aliphatic rings. The van der Waals surface area contributed by atoms with Crippen LogP contribution in [0.15, 0.2) is 4.99 Å². The van der Waals surface area contributed by atoms with Crippen molar-refractivity contribution in [3.63, 3.8) is 0 Å². The van der Waals surface area contributed by atoms with Crippen molar-refractivity contribution in [2.45, 2.75) is 49.9 Å². The number of thiol groups is 2. The lowest BCUT2D eigenvalue weighted by molar-refractivity contribution is -0.141. The van der Waals surface area contributed by atoms with E-state index in [4.69, 9.17) is 27.4 Å². The van der Waals surface area contributed by atoms with E-state index in [2.05, 4.69) is 46.2 Å². The molecule has 0 bridgehead atoms. The second kappa shape index (κ2) is 16.0. The molecule has 0 aliphatic carbocycles. The van der Waals surface area contributed by atoms with Gasteiger partial charge in [0.1, 0.15) is 18.1 Å². The van der Waals surface area contributed by atoms with Crippen LogP contribution in [0.3, 0.4) is 0 Å². The van der Waals surface area contributed by atoms with Crippen LogP contribution in [0, 0.1) is 0 Å². The molecule has 4 atom stereocenters. The molecule has 0 aromatic rings. The highest BCUT2D eigenvalue weighted by Gasteiger charge is 2.29. The van der Waals surface area contributed by atoms with E-state index in [0.29, 0.717) is 0 Å². The lowest BCUT2D eigenvalue weighted by Gasteiger charge is -2.24. The minimum atomic E-state index is -1.31. The molecular weight excluding hydrogens is 478 g/mol. The highest BCUT2D eigenvalue weighted by atomic mass is 32.1. The first-order valence-electron chi connectivity index (χ1n) is 9.81. The van der Waals surface area contributed by atoms with Crippen molar-refractivity contribution >= 4 is 60.9 Å². The minimum Gasteiger partial charge on any atom is -0.481 e. The van der Waals surface area contributed by atoms with E-state index in [1.807, 2.05) is 0 Å². The topological polar surface area (TPSA) is 252 Å². The Bertz CT molecular complexity index is 735. The number of hydrogen-bond donors (Lipinski definition) is 10. The van der Waals surface area contributed by atoms with Gasteiger partial charge in [0.15, 0.2) is 5.96 Å². The number of rotatable bonds is 16. The number of carbonyl (C=O) groups is 5. The standard InChI is InChI=1S/C17H31N7O7S2/c18-8(3-4-12(25)26)13(27)23-10(6-32)15(29)22-9(2-1-5-21-17(19)20)14(28)24-11(7-33)16(30)31/h8-11,32-33H,1-7,18H2,(H,22,29)(H,23,27)(H,24,28)(H,25,26)(H,30,31)(H4,19,20,21). The Balaban J connectivity index is 5.25. The molecular formula is C17H31N7O7S2. The number of carbonyl (C=O) groups excluding carboxylic acids is 3. The molecule has 0 spiro atoms. The number of hydrogen-bond acceptors (Lipinski definition) is 9. The quantitative estimate of drug-likeness (QED) is 0.0427. The van der Waals surface area contributed by atoms with Crippen molar-refractivity contribution in [3.05, 3.63) is 0 Å². The maximum Gasteiger partial charge on any atom is 0.327 e. The molecule has 0 fully saturated rings. The fourth-order valence-corrected chi connectivity index (χ4v) is 2.89. The number of aliphatic imine (C=N–C) groups is 1. The summed E-state index contributed by atoms with van der Waals surface area (Å²) in [7, 11) is 0. The van der Waals surface area contributed by atoms with Crippen molar-refractivity contribution in [2.24, 2.45) is 22.2 Å². The average molecular weight is 510 g/mol. The van der Waals surface area contributed by atoms with Gasteiger partial charge in [0, 0.05) is 24.5 Å². The largest absolute Gasteiger partial charge is 0.481 e. The van der Waals surface area contributed by atoms with Gasteiger partial charge >= 0.3 is 11.9 Å². The van der Waals surface area contributed by atoms with Gasteiger partial charge in [0.25, 0.3) is 0 Å². The SMILES string of the molecule is NC(N)=NCCCC(NC(=O)C(CS)NC(=O)C(N)CCC(=O)O)C(=O)NC(CS)C(=O)O. The molecule has 188 valence electrons. The van der Waals surface area contributed by atoms with Crippen LogP contribution < -0.4 is 33.2 Å². The highest BCUT2D eigenvalue weighted by Crippen LogP contribution is 2.03. The number of aliphatic carboxylic acids is 2. The summed E-state index contributed by atoms with van der Waals surface area (Å²) in [4.78, 5) is 63.0. The van der Waals surface area contributed by atoms with E-state index in [-0.39, 0.29) is 49.7 Å². The van der Waals surface area contributed by atoms with E-state index in [9.17, 15) is 24.0 Å². The normalized spacial score (nSPS) is 14.2. The predicted octanol–water partition coefficient (Wildman–Crippen LogP) is -3.37. The van der Waals surface area contributed by atoms with Gasteiger partial charge in [0.05, 0.1) is 6.04 Å². The van der Waals surface area contributed by atoms with Gasteiger partial charge in [-0.05, 0) is 19.3 Å². The number of guanidine groups is 1. The fraction of sp³-hybridized carbons (Fsp3) is 0.647. The molecule has 0 aliphatic heterocycles. The molecule has 3 amide bonds. The van der Waals surface area contributed by atoms with E-state index < -0.39 is 53.8 Å². The number of nitrogens with two attached hydrogens (primary N) is 3. The molecule has 11 N–H and O–H groups in total. The van der Waals surface area contributed by atoms with E-state index in [1.165, 1.54) is 0 Å². The fourth-order valence-electron chi connectivity index (χ4n) is 2.39. The van der Waals surface area contributed by atoms with Gasteiger partial charge in [-0.1, -0.05) is 0 Å². The summed E-state index contributed by atoms with van der Waals surface area (Å²) in [6.45, 7) is 0.155. The van der Waals surface area contributed by atoms with Crippen LogP contribution in [0.25, 0.3) is 0 Å². The summed E-state index contributed by atoms with van der Waals surface area (Å²) in [5, 5.41) is 24.9. The smallest absolute Gasteiger partial charge is 0.327 e. The first-order chi connectivity index (χ1) is 15.4. The zero-order valence-corrected chi connectivity index (χ0v) is 19.6. The van der Waals surface area contributed by atoms with Gasteiger partial charge in [-0.15, -0.1) is 0 Å². The molecule has 14 nitrogen and oxygen atoms in total. The Hall–Kier alpha value is -2.72. The zero-order valence-electron chi connectivity index (χ0n) is 17.8. The third-order valence-electron chi connectivity index (χ3n) is 4.20.